The molecule has 3 heterocycles. The highest BCUT2D eigenvalue weighted by Gasteiger charge is 2.42. The Bertz CT molecular complexity index is 1160. The van der Waals surface area contributed by atoms with Crippen LogP contribution in [0.25, 0.3) is 11.3 Å². The lowest BCUT2D eigenvalue weighted by Crippen LogP contribution is -2.63. The molecule has 0 spiro atoms. The number of ether oxygens (including phenoxy) is 1. The number of aromatic nitrogens is 1. The third-order valence-electron chi connectivity index (χ3n) is 5.76. The van der Waals surface area contributed by atoms with Gasteiger partial charge < -0.3 is 14.5 Å². The van der Waals surface area contributed by atoms with Crippen molar-refractivity contribution >= 4 is 22.0 Å². The monoisotopic (exact) mass is 493 g/mol. The van der Waals surface area contributed by atoms with Gasteiger partial charge >= 0.3 is 6.03 Å². The van der Waals surface area contributed by atoms with Crippen LogP contribution in [0, 0.1) is 5.82 Å². The van der Waals surface area contributed by atoms with Crippen molar-refractivity contribution in [3.05, 3.63) is 48.4 Å². The van der Waals surface area contributed by atoms with E-state index in [0.717, 1.165) is 10.5 Å². The van der Waals surface area contributed by atoms with Gasteiger partial charge in [0, 0.05) is 44.5 Å². The normalized spacial score (nSPS) is 19.6. The predicted octanol–water partition coefficient (Wildman–Crippen LogP) is 0.520. The minimum Gasteiger partial charge on any atom is -0.378 e. The molecule has 4 rings (SSSR count). The molecule has 0 aliphatic carbocycles. The van der Waals surface area contributed by atoms with Crippen LogP contribution in [0.5, 0.6) is 0 Å². The molecule has 2 aromatic rings. The highest BCUT2D eigenvalue weighted by Crippen LogP contribution is 2.25. The number of hydrogen-bond acceptors (Lipinski definition) is 7. The Morgan fingerprint density at radius 2 is 1.85 bits per heavy atom. The molecular formula is C21H24FN5O6S. The van der Waals surface area contributed by atoms with Crippen LogP contribution in [0.1, 0.15) is 0 Å². The topological polar surface area (TPSA) is 132 Å². The Hall–Kier alpha value is -3.13. The number of hydroxylamine groups is 1. The molecule has 13 heteroatoms. The molecule has 2 N–H and O–H groups in total. The number of morpholine rings is 1. The zero-order valence-corrected chi connectivity index (χ0v) is 18.9. The van der Waals surface area contributed by atoms with Crippen molar-refractivity contribution in [2.24, 2.45) is 0 Å². The summed E-state index contributed by atoms with van der Waals surface area (Å²) in [7, 11) is -4.19. The lowest BCUT2D eigenvalue weighted by molar-refractivity contribution is -0.134. The van der Waals surface area contributed by atoms with Gasteiger partial charge in [-0.15, -0.1) is 0 Å². The van der Waals surface area contributed by atoms with Gasteiger partial charge in [0.15, 0.2) is 0 Å². The maximum absolute atomic E-state index is 13.5. The van der Waals surface area contributed by atoms with Crippen molar-refractivity contribution in [2.75, 3.05) is 45.9 Å². The van der Waals surface area contributed by atoms with Crippen LogP contribution in [0.4, 0.5) is 9.18 Å². The van der Waals surface area contributed by atoms with E-state index in [2.05, 4.69) is 4.98 Å². The second kappa shape index (κ2) is 10.0. The lowest BCUT2D eigenvalue weighted by Gasteiger charge is -2.41. The van der Waals surface area contributed by atoms with Gasteiger partial charge in [0.25, 0.3) is 5.91 Å². The molecule has 0 unspecified atom stereocenters. The Balaban J connectivity index is 1.55. The summed E-state index contributed by atoms with van der Waals surface area (Å²) in [4.78, 5) is 32.2. The Morgan fingerprint density at radius 3 is 2.50 bits per heavy atom. The van der Waals surface area contributed by atoms with E-state index in [1.807, 2.05) is 0 Å². The summed E-state index contributed by atoms with van der Waals surface area (Å²) in [6, 6.07) is 6.84. The Morgan fingerprint density at radius 1 is 1.09 bits per heavy atom. The Labute approximate surface area is 195 Å². The molecule has 1 aromatic heterocycles. The molecular weight excluding hydrogens is 469 g/mol. The number of halogens is 1. The van der Waals surface area contributed by atoms with Crippen LogP contribution < -0.4 is 5.48 Å². The maximum Gasteiger partial charge on any atom is 0.320 e. The second-order valence-corrected chi connectivity index (χ2v) is 9.72. The van der Waals surface area contributed by atoms with Gasteiger partial charge in [0.05, 0.1) is 18.9 Å². The zero-order valence-electron chi connectivity index (χ0n) is 18.1. The van der Waals surface area contributed by atoms with E-state index < -0.39 is 27.8 Å². The van der Waals surface area contributed by atoms with Crippen LogP contribution in [-0.2, 0) is 19.6 Å². The zero-order chi connectivity index (χ0) is 24.3. The number of amides is 3. The van der Waals surface area contributed by atoms with Crippen LogP contribution in [0.15, 0.2) is 47.5 Å². The van der Waals surface area contributed by atoms with Gasteiger partial charge in [-0.25, -0.2) is 23.1 Å². The van der Waals surface area contributed by atoms with Crippen LogP contribution in [0.3, 0.4) is 0 Å². The van der Waals surface area contributed by atoms with Gasteiger partial charge in [-0.3, -0.25) is 15.0 Å². The molecule has 2 aliphatic heterocycles. The van der Waals surface area contributed by atoms with E-state index in [0.29, 0.717) is 37.6 Å². The van der Waals surface area contributed by atoms with Gasteiger partial charge in [0.2, 0.25) is 10.0 Å². The molecule has 34 heavy (non-hydrogen) atoms. The fourth-order valence-electron chi connectivity index (χ4n) is 3.96. The maximum atomic E-state index is 13.5. The number of nitrogens with one attached hydrogen (secondary N) is 1. The highest BCUT2D eigenvalue weighted by atomic mass is 32.2. The molecule has 1 aromatic carbocycles. The third kappa shape index (κ3) is 4.87. The summed E-state index contributed by atoms with van der Waals surface area (Å²) in [5.41, 5.74) is 2.36. The molecule has 1 atom stereocenters. The van der Waals surface area contributed by atoms with Crippen LogP contribution in [0.2, 0.25) is 0 Å². The standard InChI is InChI=1S/C21H24FN5O6S/c22-16-3-1-2-15(12-16)18-5-4-17(13-23-18)34(31,32)27-7-6-26(14-19(27)20(28)24-30)21(29)25-8-10-33-11-9-25/h1-5,12-13,19,30H,6-11,14H2,(H,24,28)/t19-/m1/s1. The van der Waals surface area contributed by atoms with Crippen LogP contribution >= 0.6 is 0 Å². The largest absolute Gasteiger partial charge is 0.378 e. The molecule has 2 saturated heterocycles. The fraction of sp³-hybridized carbons (Fsp3) is 0.381. The van der Waals surface area contributed by atoms with E-state index in [1.165, 1.54) is 40.7 Å². The van der Waals surface area contributed by atoms with E-state index >= 15 is 0 Å². The number of urea groups is 1. The summed E-state index contributed by atoms with van der Waals surface area (Å²) in [5, 5.41) is 9.21. The number of sulfonamides is 1. The average Bonchev–Trinajstić information content (AvgIpc) is 2.88. The molecule has 0 bridgehead atoms. The van der Waals surface area contributed by atoms with Crippen molar-refractivity contribution in [2.45, 2.75) is 10.9 Å². The first-order valence-corrected chi connectivity index (χ1v) is 12.0. The first-order chi connectivity index (χ1) is 16.3. The fourth-order valence-corrected chi connectivity index (χ4v) is 5.47. The number of pyridine rings is 1. The summed E-state index contributed by atoms with van der Waals surface area (Å²) < 4.78 is 46.4. The van der Waals surface area contributed by atoms with Gasteiger partial charge in [0.1, 0.15) is 16.8 Å². The van der Waals surface area contributed by atoms with Crippen LogP contribution in [-0.4, -0.2) is 96.6 Å². The number of benzene rings is 1. The SMILES string of the molecule is O=C(NO)[C@H]1CN(C(=O)N2CCOCC2)CCN1S(=O)(=O)c1ccc(-c2cccc(F)c2)nc1. The number of carbonyl (C=O) groups excluding carboxylic acids is 2. The minimum absolute atomic E-state index is 0.0689. The van der Waals surface area contributed by atoms with Gasteiger partial charge in [-0.1, -0.05) is 12.1 Å². The smallest absolute Gasteiger partial charge is 0.320 e. The third-order valence-corrected chi connectivity index (χ3v) is 7.65. The van der Waals surface area contributed by atoms with Crippen molar-refractivity contribution < 1.29 is 32.3 Å². The summed E-state index contributed by atoms with van der Waals surface area (Å²) in [5.74, 6) is -1.40. The molecule has 182 valence electrons. The lowest BCUT2D eigenvalue weighted by atomic mass is 10.1. The highest BCUT2D eigenvalue weighted by molar-refractivity contribution is 7.89. The molecule has 11 nitrogen and oxygen atoms in total. The predicted molar refractivity (Wildman–Crippen MR) is 117 cm³/mol. The van der Waals surface area contributed by atoms with E-state index in [-0.39, 0.29) is 30.6 Å². The van der Waals surface area contributed by atoms with E-state index in [1.54, 1.807) is 11.0 Å². The molecule has 2 fully saturated rings. The first kappa shape index (κ1) is 24.0. The van der Waals surface area contributed by atoms with Gasteiger partial charge in [-0.2, -0.15) is 4.31 Å². The molecule has 2 aliphatic rings. The quantitative estimate of drug-likeness (QED) is 0.469. The minimum atomic E-state index is -4.19. The second-order valence-electron chi connectivity index (χ2n) is 7.83. The van der Waals surface area contributed by atoms with Gasteiger partial charge in [-0.05, 0) is 24.3 Å². The summed E-state index contributed by atoms with van der Waals surface area (Å²) in [6.07, 6.45) is 1.13. The molecule has 3 amide bonds. The van der Waals surface area contributed by atoms with Crippen molar-refractivity contribution in [1.29, 1.82) is 0 Å². The van der Waals surface area contributed by atoms with E-state index in [4.69, 9.17) is 4.74 Å². The Kier molecular flexibility index (Phi) is 7.07. The number of rotatable bonds is 4. The van der Waals surface area contributed by atoms with Crippen molar-refractivity contribution in [1.82, 2.24) is 24.6 Å². The number of piperazine rings is 1. The summed E-state index contributed by atoms with van der Waals surface area (Å²) >= 11 is 0. The number of nitrogens with zero attached hydrogens (tertiary/aromatic N) is 4. The molecule has 0 radical (unpaired) electrons. The average molecular weight is 494 g/mol. The number of hydrogen-bond donors (Lipinski definition) is 2. The summed E-state index contributed by atoms with van der Waals surface area (Å²) in [6.45, 7) is 1.30. The molecule has 0 saturated carbocycles. The number of carbonyl (C=O) groups is 2. The first-order valence-electron chi connectivity index (χ1n) is 10.6. The van der Waals surface area contributed by atoms with Crippen molar-refractivity contribution in [3.63, 3.8) is 0 Å². The van der Waals surface area contributed by atoms with Crippen molar-refractivity contribution in [3.8, 4) is 11.3 Å². The van der Waals surface area contributed by atoms with E-state index in [9.17, 15) is 27.6 Å².